The van der Waals surface area contributed by atoms with Crippen molar-refractivity contribution < 1.29 is 38.3 Å². The summed E-state index contributed by atoms with van der Waals surface area (Å²) in [6.07, 6.45) is 0.409. The van der Waals surface area contributed by atoms with Gasteiger partial charge in [0.15, 0.2) is 5.69 Å². The number of amides is 5. The summed E-state index contributed by atoms with van der Waals surface area (Å²) in [4.78, 5) is 95.6. The lowest BCUT2D eigenvalue weighted by Gasteiger charge is -2.36. The largest absolute Gasteiger partial charge is 0.453 e. The van der Waals surface area contributed by atoms with Crippen molar-refractivity contribution in [2.24, 2.45) is 11.7 Å². The van der Waals surface area contributed by atoms with Gasteiger partial charge in [-0.2, -0.15) is 5.06 Å². The van der Waals surface area contributed by atoms with Crippen LogP contribution in [0.1, 0.15) is 58.8 Å². The number of fused-ring (bicyclic) bond motifs is 1. The molecule has 0 saturated carbocycles. The molecule has 0 radical (unpaired) electrons. The normalized spacial score (nSPS) is 12.5. The van der Waals surface area contributed by atoms with Gasteiger partial charge in [-0.15, -0.1) is 0 Å². The minimum Gasteiger partial charge on any atom is -0.453 e. The molecule has 0 fully saturated rings. The van der Waals surface area contributed by atoms with E-state index in [0.717, 1.165) is 21.6 Å². The first-order valence-corrected chi connectivity index (χ1v) is 19.3. The highest BCUT2D eigenvalue weighted by Gasteiger charge is 2.37. The number of methoxy groups -OCH3 is 1. The van der Waals surface area contributed by atoms with Crippen molar-refractivity contribution in [3.63, 3.8) is 0 Å². The number of hydroxylamine groups is 2. The first-order chi connectivity index (χ1) is 28.9. The molecule has 5 aromatic rings. The molecule has 0 saturated heterocycles. The van der Waals surface area contributed by atoms with Crippen LogP contribution in [0.25, 0.3) is 10.9 Å². The highest BCUT2D eigenvalue weighted by atomic mass is 16.7. The molecule has 5 rings (SSSR count). The lowest BCUT2D eigenvalue weighted by atomic mass is 10.0. The number of hydrogen-bond acceptors (Lipinski definition) is 11. The summed E-state index contributed by atoms with van der Waals surface area (Å²) < 4.78 is 4.77. The van der Waals surface area contributed by atoms with Crippen LogP contribution in [0.2, 0.25) is 0 Å². The second-order valence-electron chi connectivity index (χ2n) is 14.2. The van der Waals surface area contributed by atoms with Gasteiger partial charge in [0, 0.05) is 24.7 Å². The van der Waals surface area contributed by atoms with E-state index in [9.17, 15) is 28.8 Å². The predicted octanol–water partition coefficient (Wildman–Crippen LogP) is 4.12. The summed E-state index contributed by atoms with van der Waals surface area (Å²) in [5.41, 5.74) is 10.6. The van der Waals surface area contributed by atoms with Crippen LogP contribution >= 0.6 is 0 Å². The number of hydrogen-bond donors (Lipinski definition) is 4. The van der Waals surface area contributed by atoms with E-state index in [4.69, 9.17) is 15.3 Å². The lowest BCUT2D eigenvalue weighted by molar-refractivity contribution is -0.183. The Morgan fingerprint density at radius 2 is 1.43 bits per heavy atom. The van der Waals surface area contributed by atoms with E-state index < -0.39 is 60.2 Å². The third-order valence-corrected chi connectivity index (χ3v) is 9.38. The fraction of sp³-hybridized carbons (Fsp3) is 0.273. The molecule has 3 aromatic carbocycles. The van der Waals surface area contributed by atoms with E-state index in [1.54, 1.807) is 44.2 Å². The van der Waals surface area contributed by atoms with Gasteiger partial charge in [-0.1, -0.05) is 105 Å². The number of nitrogens with zero attached hydrogens (tertiary/aromatic N) is 4. The summed E-state index contributed by atoms with van der Waals surface area (Å²) in [5, 5.41) is 8.29. The number of benzene rings is 3. The van der Waals surface area contributed by atoms with Crippen molar-refractivity contribution in [2.45, 2.75) is 57.8 Å². The average molecular weight is 817 g/mol. The summed E-state index contributed by atoms with van der Waals surface area (Å²) >= 11 is 0. The van der Waals surface area contributed by atoms with E-state index in [-0.39, 0.29) is 36.8 Å². The van der Waals surface area contributed by atoms with Gasteiger partial charge in [-0.05, 0) is 54.2 Å². The smallest absolute Gasteiger partial charge is 0.407 e. The summed E-state index contributed by atoms with van der Waals surface area (Å²) in [6, 6.07) is 29.7. The third-order valence-electron chi connectivity index (χ3n) is 9.38. The standard InChI is InChI=1S/C44H48N8O8/c1-29(2)39(49-44(58)59-3)41(55)50-51(27-31-16-8-5-9-17-31)28-33(23-21-30-14-6-4-7-15-30)52(60-43(57)36-20-12-13-25-46-36)42(56)37(26-38(45)53)48-40(54)35-24-22-32-18-10-11-19-34(32)47-35/h4-20,22,24-25,29,33,37,39H,21,23,26-28H2,1-3H3,(H2,45,53)(H,48,54)(H,49,58)(H,50,55)/t33-,37-,39-/m0/s1. The molecule has 0 aliphatic heterocycles. The molecule has 60 heavy (non-hydrogen) atoms. The maximum atomic E-state index is 14.9. The van der Waals surface area contributed by atoms with E-state index in [1.165, 1.54) is 30.4 Å². The topological polar surface area (TPSA) is 215 Å². The molecule has 2 aromatic heterocycles. The first-order valence-electron chi connectivity index (χ1n) is 19.3. The molecule has 5 N–H and O–H groups in total. The molecular formula is C44H48N8O8. The Bertz CT molecular complexity index is 2240. The Balaban J connectivity index is 1.56. The first kappa shape index (κ1) is 43.9. The Hall–Kier alpha value is -7.20. The van der Waals surface area contributed by atoms with E-state index in [0.29, 0.717) is 11.9 Å². The molecule has 2 heterocycles. The maximum absolute atomic E-state index is 14.9. The maximum Gasteiger partial charge on any atom is 0.407 e. The Kier molecular flexibility index (Phi) is 15.8. The number of rotatable bonds is 18. The van der Waals surface area contributed by atoms with Crippen molar-refractivity contribution in [3.8, 4) is 0 Å². The van der Waals surface area contributed by atoms with Gasteiger partial charge in [-0.3, -0.25) is 24.6 Å². The molecule has 0 bridgehead atoms. The SMILES string of the molecule is COC(=O)N[C@H](C(=O)NN(Cc1ccccc1)C[C@H](CCc1ccccc1)N(OC(=O)c1ccccn1)C(=O)[C@H](CC(N)=O)NC(=O)c1ccc2ccccc2n1)C(C)C. The molecule has 312 valence electrons. The van der Waals surface area contributed by atoms with Crippen LogP contribution in [0, 0.1) is 5.92 Å². The molecular weight excluding hydrogens is 769 g/mol. The lowest BCUT2D eigenvalue weighted by Crippen LogP contribution is -2.59. The summed E-state index contributed by atoms with van der Waals surface area (Å²) in [5.74, 6) is -4.65. The van der Waals surface area contributed by atoms with Gasteiger partial charge in [0.2, 0.25) is 5.91 Å². The molecule has 5 amide bonds. The number of aromatic nitrogens is 2. The number of hydrazine groups is 1. The monoisotopic (exact) mass is 816 g/mol. The number of nitrogens with two attached hydrogens (primary N) is 1. The number of carbonyl (C=O) groups is 6. The van der Waals surface area contributed by atoms with E-state index >= 15 is 0 Å². The van der Waals surface area contributed by atoms with Crippen LogP contribution < -0.4 is 21.8 Å². The van der Waals surface area contributed by atoms with Gasteiger partial charge in [0.1, 0.15) is 17.8 Å². The zero-order chi connectivity index (χ0) is 43.0. The number of carbonyl (C=O) groups excluding carboxylic acids is 6. The molecule has 0 unspecified atom stereocenters. The second kappa shape index (κ2) is 21.5. The quantitative estimate of drug-likeness (QED) is 0.0924. The van der Waals surface area contributed by atoms with E-state index in [1.807, 2.05) is 72.8 Å². The number of alkyl carbamates (subject to hydrolysis) is 1. The number of primary amides is 1. The van der Waals surface area contributed by atoms with Gasteiger partial charge in [0.05, 0.1) is 25.1 Å². The summed E-state index contributed by atoms with van der Waals surface area (Å²) in [6.45, 7) is 3.44. The van der Waals surface area contributed by atoms with Crippen LogP contribution in [-0.2, 0) is 36.9 Å². The molecule has 16 nitrogen and oxygen atoms in total. The van der Waals surface area contributed by atoms with Gasteiger partial charge in [0.25, 0.3) is 17.7 Å². The predicted molar refractivity (Wildman–Crippen MR) is 221 cm³/mol. The number of para-hydroxylation sites is 1. The molecule has 0 aliphatic carbocycles. The van der Waals surface area contributed by atoms with Crippen LogP contribution in [0.3, 0.4) is 0 Å². The summed E-state index contributed by atoms with van der Waals surface area (Å²) in [7, 11) is 1.19. The Morgan fingerprint density at radius 3 is 2.08 bits per heavy atom. The minimum atomic E-state index is -1.63. The van der Waals surface area contributed by atoms with Crippen LogP contribution in [-0.4, -0.2) is 87.5 Å². The highest BCUT2D eigenvalue weighted by Crippen LogP contribution is 2.19. The molecule has 0 spiro atoms. The molecule has 16 heteroatoms. The number of pyridine rings is 2. The van der Waals surface area contributed by atoms with Crippen molar-refractivity contribution in [1.29, 1.82) is 0 Å². The molecule has 3 atom stereocenters. The fourth-order valence-electron chi connectivity index (χ4n) is 6.31. The van der Waals surface area contributed by atoms with Gasteiger partial charge < -0.3 is 25.9 Å². The second-order valence-corrected chi connectivity index (χ2v) is 14.2. The van der Waals surface area contributed by atoms with Crippen LogP contribution in [0.4, 0.5) is 4.79 Å². The number of aryl methyl sites for hydroxylation is 1. The van der Waals surface area contributed by atoms with Crippen molar-refractivity contribution >= 4 is 46.6 Å². The van der Waals surface area contributed by atoms with Crippen LogP contribution in [0.5, 0.6) is 0 Å². The van der Waals surface area contributed by atoms with Gasteiger partial charge >= 0.3 is 12.1 Å². The van der Waals surface area contributed by atoms with E-state index in [2.05, 4.69) is 26.0 Å². The van der Waals surface area contributed by atoms with Gasteiger partial charge in [-0.25, -0.2) is 24.6 Å². The average Bonchev–Trinajstić information content (AvgIpc) is 3.25. The van der Waals surface area contributed by atoms with Crippen LogP contribution in [0.15, 0.2) is 121 Å². The number of ether oxygens (including phenoxy) is 1. The number of nitrogens with one attached hydrogen (secondary N) is 3. The fourth-order valence-corrected chi connectivity index (χ4v) is 6.31. The van der Waals surface area contributed by atoms with Crippen molar-refractivity contribution in [1.82, 2.24) is 36.1 Å². The Labute approximate surface area is 347 Å². The molecule has 0 aliphatic rings. The minimum absolute atomic E-state index is 0.0364. The zero-order valence-corrected chi connectivity index (χ0v) is 33.5. The third kappa shape index (κ3) is 12.6. The zero-order valence-electron chi connectivity index (χ0n) is 33.5. The van der Waals surface area contributed by atoms with Crippen molar-refractivity contribution in [3.05, 3.63) is 144 Å². The Morgan fingerprint density at radius 1 is 0.767 bits per heavy atom. The van der Waals surface area contributed by atoms with Crippen molar-refractivity contribution in [2.75, 3.05) is 13.7 Å². The highest BCUT2D eigenvalue weighted by molar-refractivity contribution is 5.99.